The molecule has 0 radical (unpaired) electrons. The topological polar surface area (TPSA) is 54.0 Å². The van der Waals surface area contributed by atoms with Crippen LogP contribution in [0.1, 0.15) is 16.7 Å². The smallest absolute Gasteiger partial charge is 0.127 e. The van der Waals surface area contributed by atoms with Gasteiger partial charge >= 0.3 is 0 Å². The summed E-state index contributed by atoms with van der Waals surface area (Å²) >= 11 is 0. The van der Waals surface area contributed by atoms with Crippen LogP contribution in [0.25, 0.3) is 0 Å². The number of nitrogens with one attached hydrogen (secondary N) is 1. The number of fused-ring (bicyclic) bond motifs is 1. The molecule has 2 aromatic rings. The third-order valence-corrected chi connectivity index (χ3v) is 5.30. The fraction of sp³-hybridized carbons (Fsp3) is 0.455. The summed E-state index contributed by atoms with van der Waals surface area (Å²) in [6, 6.07) is 14.9. The first-order valence-corrected chi connectivity index (χ1v) is 9.49. The SMILES string of the molecule is CNCC(O)CN(Cc1ccc(OC)cc1OC)C1Cc2ccccc2C1. The summed E-state index contributed by atoms with van der Waals surface area (Å²) in [6.45, 7) is 1.93. The summed E-state index contributed by atoms with van der Waals surface area (Å²) < 4.78 is 10.9. The van der Waals surface area contributed by atoms with E-state index in [1.807, 2.05) is 19.2 Å². The monoisotopic (exact) mass is 370 g/mol. The van der Waals surface area contributed by atoms with Gasteiger partial charge in [0.2, 0.25) is 0 Å². The van der Waals surface area contributed by atoms with Crippen molar-refractivity contribution in [3.63, 3.8) is 0 Å². The quantitative estimate of drug-likeness (QED) is 0.709. The highest BCUT2D eigenvalue weighted by Gasteiger charge is 2.28. The summed E-state index contributed by atoms with van der Waals surface area (Å²) in [5.74, 6) is 1.60. The summed E-state index contributed by atoms with van der Waals surface area (Å²) in [6.07, 6.45) is 1.62. The van der Waals surface area contributed by atoms with Gasteiger partial charge in [0.05, 0.1) is 20.3 Å². The van der Waals surface area contributed by atoms with E-state index in [1.54, 1.807) is 14.2 Å². The molecule has 2 N–H and O–H groups in total. The lowest BCUT2D eigenvalue weighted by atomic mass is 10.1. The van der Waals surface area contributed by atoms with Crippen molar-refractivity contribution in [1.82, 2.24) is 10.2 Å². The van der Waals surface area contributed by atoms with E-state index >= 15 is 0 Å². The number of nitrogens with zero attached hydrogens (tertiary/aromatic N) is 1. The van der Waals surface area contributed by atoms with Crippen molar-refractivity contribution in [2.24, 2.45) is 0 Å². The zero-order chi connectivity index (χ0) is 19.2. The van der Waals surface area contributed by atoms with Gasteiger partial charge in [-0.25, -0.2) is 0 Å². The summed E-state index contributed by atoms with van der Waals surface area (Å²) in [7, 11) is 5.21. The van der Waals surface area contributed by atoms with E-state index in [9.17, 15) is 5.11 Å². The van der Waals surface area contributed by atoms with Gasteiger partial charge in [0.25, 0.3) is 0 Å². The second-order valence-corrected chi connectivity index (χ2v) is 7.15. The summed E-state index contributed by atoms with van der Waals surface area (Å²) in [4.78, 5) is 2.38. The zero-order valence-electron chi connectivity index (χ0n) is 16.4. The van der Waals surface area contributed by atoms with Crippen LogP contribution in [0.15, 0.2) is 42.5 Å². The Bertz CT molecular complexity index is 725. The first kappa shape index (κ1) is 19.7. The van der Waals surface area contributed by atoms with Crippen LogP contribution in [0.4, 0.5) is 0 Å². The second-order valence-electron chi connectivity index (χ2n) is 7.15. The molecular formula is C22H30N2O3. The van der Waals surface area contributed by atoms with Crippen LogP contribution in [0.3, 0.4) is 0 Å². The van der Waals surface area contributed by atoms with Crippen LogP contribution < -0.4 is 14.8 Å². The molecule has 0 saturated carbocycles. The number of ether oxygens (including phenoxy) is 2. The van der Waals surface area contributed by atoms with Crippen LogP contribution in [-0.2, 0) is 19.4 Å². The number of likely N-dealkylation sites (N-methyl/N-ethyl adjacent to an activating group) is 1. The van der Waals surface area contributed by atoms with Gasteiger partial charge in [-0.2, -0.15) is 0 Å². The van der Waals surface area contributed by atoms with Crippen molar-refractivity contribution in [2.75, 3.05) is 34.4 Å². The van der Waals surface area contributed by atoms with Gasteiger partial charge in [-0.15, -0.1) is 0 Å². The minimum Gasteiger partial charge on any atom is -0.497 e. The molecule has 2 aromatic carbocycles. The molecule has 3 rings (SSSR count). The Balaban J connectivity index is 1.81. The Kier molecular flexibility index (Phi) is 6.72. The maximum absolute atomic E-state index is 10.4. The molecule has 5 heteroatoms. The van der Waals surface area contributed by atoms with Crippen LogP contribution in [0.5, 0.6) is 11.5 Å². The fourth-order valence-electron chi connectivity index (χ4n) is 3.91. The molecular weight excluding hydrogens is 340 g/mol. The van der Waals surface area contributed by atoms with Crippen LogP contribution >= 0.6 is 0 Å². The molecule has 0 heterocycles. The first-order chi connectivity index (χ1) is 13.1. The third kappa shape index (κ3) is 4.80. The average molecular weight is 370 g/mol. The molecule has 0 saturated heterocycles. The standard InChI is InChI=1S/C22H30N2O3/c1-23-13-20(25)15-24(19-10-16-6-4-5-7-17(16)11-19)14-18-8-9-21(26-2)12-22(18)27-3/h4-9,12,19-20,23,25H,10-11,13-15H2,1-3H3. The van der Waals surface area contributed by atoms with Crippen molar-refractivity contribution in [3.8, 4) is 11.5 Å². The van der Waals surface area contributed by atoms with Crippen molar-refractivity contribution < 1.29 is 14.6 Å². The number of hydrogen-bond acceptors (Lipinski definition) is 5. The first-order valence-electron chi connectivity index (χ1n) is 9.49. The van der Waals surface area contributed by atoms with E-state index < -0.39 is 6.10 Å². The van der Waals surface area contributed by atoms with E-state index in [4.69, 9.17) is 9.47 Å². The molecule has 146 valence electrons. The summed E-state index contributed by atoms with van der Waals surface area (Å²) in [5, 5.41) is 13.5. The van der Waals surface area contributed by atoms with Crippen LogP contribution in [0.2, 0.25) is 0 Å². The van der Waals surface area contributed by atoms with Crippen LogP contribution in [0, 0.1) is 0 Å². The Morgan fingerprint density at radius 2 is 1.81 bits per heavy atom. The number of aliphatic hydroxyl groups excluding tert-OH is 1. The largest absolute Gasteiger partial charge is 0.497 e. The minimum absolute atomic E-state index is 0.376. The Morgan fingerprint density at radius 1 is 1.11 bits per heavy atom. The van der Waals surface area contributed by atoms with E-state index in [1.165, 1.54) is 11.1 Å². The molecule has 1 aliphatic carbocycles. The summed E-state index contributed by atoms with van der Waals surface area (Å²) in [5.41, 5.74) is 3.93. The predicted octanol–water partition coefficient (Wildman–Crippen LogP) is 2.25. The molecule has 0 aromatic heterocycles. The third-order valence-electron chi connectivity index (χ3n) is 5.30. The maximum atomic E-state index is 10.4. The van der Waals surface area contributed by atoms with Crippen molar-refractivity contribution in [2.45, 2.75) is 31.5 Å². The number of methoxy groups -OCH3 is 2. The highest BCUT2D eigenvalue weighted by molar-refractivity contribution is 5.41. The highest BCUT2D eigenvalue weighted by Crippen LogP contribution is 2.30. The van der Waals surface area contributed by atoms with Crippen molar-refractivity contribution in [3.05, 3.63) is 59.2 Å². The van der Waals surface area contributed by atoms with Gasteiger partial charge in [0.1, 0.15) is 11.5 Å². The highest BCUT2D eigenvalue weighted by atomic mass is 16.5. The van der Waals surface area contributed by atoms with Gasteiger partial charge in [-0.1, -0.05) is 30.3 Å². The van der Waals surface area contributed by atoms with Crippen molar-refractivity contribution >= 4 is 0 Å². The van der Waals surface area contributed by atoms with Crippen LogP contribution in [-0.4, -0.2) is 56.5 Å². The Hall–Kier alpha value is -2.08. The predicted molar refractivity (Wildman–Crippen MR) is 108 cm³/mol. The van der Waals surface area contributed by atoms with Gasteiger partial charge in [0, 0.05) is 37.3 Å². The molecule has 1 unspecified atom stereocenters. The lowest BCUT2D eigenvalue weighted by molar-refractivity contribution is 0.0838. The lowest BCUT2D eigenvalue weighted by Crippen LogP contribution is -2.43. The molecule has 0 bridgehead atoms. The van der Waals surface area contributed by atoms with Gasteiger partial charge in [-0.05, 0) is 37.1 Å². The van der Waals surface area contributed by atoms with E-state index in [2.05, 4.69) is 40.5 Å². The molecule has 0 fully saturated rings. The normalized spacial score (nSPS) is 15.0. The average Bonchev–Trinajstić information content (AvgIpc) is 3.12. The molecule has 1 aliphatic rings. The molecule has 0 amide bonds. The number of aliphatic hydroxyl groups is 1. The molecule has 1 atom stereocenters. The molecule has 0 spiro atoms. The fourth-order valence-corrected chi connectivity index (χ4v) is 3.91. The number of benzene rings is 2. The molecule has 0 aliphatic heterocycles. The minimum atomic E-state index is -0.414. The van der Waals surface area contributed by atoms with Gasteiger partial charge in [0.15, 0.2) is 0 Å². The zero-order valence-corrected chi connectivity index (χ0v) is 16.4. The molecule has 5 nitrogen and oxygen atoms in total. The maximum Gasteiger partial charge on any atom is 0.127 e. The second kappa shape index (κ2) is 9.22. The number of hydrogen-bond donors (Lipinski definition) is 2. The number of rotatable bonds is 9. The van der Waals surface area contributed by atoms with Gasteiger partial charge in [-0.3, -0.25) is 4.90 Å². The molecule has 27 heavy (non-hydrogen) atoms. The van der Waals surface area contributed by atoms with Gasteiger partial charge < -0.3 is 19.9 Å². The van der Waals surface area contributed by atoms with E-state index in [0.717, 1.165) is 36.4 Å². The van der Waals surface area contributed by atoms with Crippen molar-refractivity contribution in [1.29, 1.82) is 0 Å². The van der Waals surface area contributed by atoms with E-state index in [-0.39, 0.29) is 0 Å². The lowest BCUT2D eigenvalue weighted by Gasteiger charge is -2.31. The van der Waals surface area contributed by atoms with E-state index in [0.29, 0.717) is 19.1 Å². The Labute approximate surface area is 161 Å². The Morgan fingerprint density at radius 3 is 2.41 bits per heavy atom.